The summed E-state index contributed by atoms with van der Waals surface area (Å²) in [7, 11) is 1.59. The molecule has 9 heteroatoms. The highest BCUT2D eigenvalue weighted by atomic mass is 16.7. The molecule has 0 aliphatic heterocycles. The van der Waals surface area contributed by atoms with Crippen LogP contribution in [-0.2, 0) is 0 Å². The highest BCUT2D eigenvalue weighted by molar-refractivity contribution is 5.85. The number of benzene rings is 2. The topological polar surface area (TPSA) is 119 Å². The van der Waals surface area contributed by atoms with Crippen LogP contribution in [0.5, 0.6) is 11.5 Å². The molecular weight excluding hydrogens is 364 g/mol. The quantitative estimate of drug-likeness (QED) is 0.524. The predicted molar refractivity (Wildman–Crippen MR) is 100 cm³/mol. The second-order valence-electron chi connectivity index (χ2n) is 5.81. The smallest absolute Gasteiger partial charge is 0.496 e. The van der Waals surface area contributed by atoms with Gasteiger partial charge in [-0.3, -0.25) is 9.78 Å². The van der Waals surface area contributed by atoms with E-state index in [4.69, 9.17) is 9.84 Å². The van der Waals surface area contributed by atoms with E-state index < -0.39 is 6.16 Å². The third-order valence-corrected chi connectivity index (χ3v) is 4.09. The highest BCUT2D eigenvalue weighted by Gasteiger charge is 2.12. The molecule has 0 aliphatic rings. The zero-order valence-electron chi connectivity index (χ0n) is 14.6. The van der Waals surface area contributed by atoms with Crippen molar-refractivity contribution in [2.75, 3.05) is 7.11 Å². The zero-order chi connectivity index (χ0) is 19.7. The van der Waals surface area contributed by atoms with Gasteiger partial charge in [0.05, 0.1) is 30.4 Å². The fourth-order valence-electron chi connectivity index (χ4n) is 2.86. The van der Waals surface area contributed by atoms with E-state index in [0.29, 0.717) is 16.7 Å². The summed E-state index contributed by atoms with van der Waals surface area (Å²) < 4.78 is 11.1. The lowest BCUT2D eigenvalue weighted by Crippen LogP contribution is -2.14. The van der Waals surface area contributed by atoms with Gasteiger partial charge < -0.3 is 14.6 Å². The van der Waals surface area contributed by atoms with Gasteiger partial charge in [-0.25, -0.2) is 14.5 Å². The van der Waals surface area contributed by atoms with Crippen molar-refractivity contribution in [1.82, 2.24) is 19.7 Å². The number of carbonyl (C=O) groups is 1. The summed E-state index contributed by atoms with van der Waals surface area (Å²) in [5.74, 6) is 0.856. The summed E-state index contributed by atoms with van der Waals surface area (Å²) in [6.45, 7) is 0. The normalized spacial score (nSPS) is 10.8. The minimum absolute atomic E-state index is 0.0155. The molecule has 4 aromatic rings. The molecule has 4 rings (SSSR count). The molecule has 2 N–H and O–H groups in total. The summed E-state index contributed by atoms with van der Waals surface area (Å²) >= 11 is 0. The molecule has 2 heterocycles. The number of hydrogen-bond acceptors (Lipinski definition) is 6. The molecule has 0 saturated carbocycles. The van der Waals surface area contributed by atoms with E-state index in [1.807, 2.05) is 30.3 Å². The number of aromatic nitrogens is 4. The van der Waals surface area contributed by atoms with Crippen LogP contribution in [0.15, 0.2) is 59.7 Å². The molecule has 0 saturated heterocycles. The number of aromatic amines is 1. The molecule has 2 aromatic carbocycles. The van der Waals surface area contributed by atoms with Gasteiger partial charge in [0.25, 0.3) is 5.56 Å². The number of nitrogens with one attached hydrogen (secondary N) is 1. The number of para-hydroxylation sites is 1. The Balaban J connectivity index is 1.77. The third kappa shape index (κ3) is 3.16. The van der Waals surface area contributed by atoms with Gasteiger partial charge in [0, 0.05) is 5.56 Å². The van der Waals surface area contributed by atoms with Gasteiger partial charge >= 0.3 is 6.16 Å². The number of nitrogens with zero attached hydrogens (tertiary/aromatic N) is 3. The molecule has 140 valence electrons. The van der Waals surface area contributed by atoms with Crippen molar-refractivity contribution in [2.24, 2.45) is 0 Å². The van der Waals surface area contributed by atoms with Crippen molar-refractivity contribution < 1.29 is 19.4 Å². The molecule has 0 bridgehead atoms. The van der Waals surface area contributed by atoms with Crippen molar-refractivity contribution in [3.05, 3.63) is 65.2 Å². The summed E-state index contributed by atoms with van der Waals surface area (Å²) in [6.07, 6.45) is 1.06. The van der Waals surface area contributed by atoms with Crippen LogP contribution in [0.4, 0.5) is 4.79 Å². The minimum Gasteiger partial charge on any atom is -0.496 e. The minimum atomic E-state index is -1.46. The average molecular weight is 378 g/mol. The van der Waals surface area contributed by atoms with Gasteiger partial charge in [0.1, 0.15) is 5.75 Å². The van der Waals surface area contributed by atoms with E-state index in [1.54, 1.807) is 19.2 Å². The van der Waals surface area contributed by atoms with Crippen LogP contribution in [0, 0.1) is 0 Å². The van der Waals surface area contributed by atoms with Crippen molar-refractivity contribution in [2.45, 2.75) is 0 Å². The lowest BCUT2D eigenvalue weighted by atomic mass is 10.0. The molecule has 28 heavy (non-hydrogen) atoms. The van der Waals surface area contributed by atoms with Gasteiger partial charge in [0.15, 0.2) is 5.75 Å². The SMILES string of the molecule is COc1ccccc1-c1ccc2nc(-n3cc(OC(=O)O)cn3)[nH]c(=O)c2c1. The van der Waals surface area contributed by atoms with Crippen LogP contribution in [-0.4, -0.2) is 38.1 Å². The van der Waals surface area contributed by atoms with Crippen LogP contribution in [0.3, 0.4) is 0 Å². The molecule has 0 spiro atoms. The first-order valence-corrected chi connectivity index (χ1v) is 8.18. The number of carboxylic acid groups (broad SMARTS) is 1. The predicted octanol–water partition coefficient (Wildman–Crippen LogP) is 2.84. The van der Waals surface area contributed by atoms with Gasteiger partial charge in [0.2, 0.25) is 5.95 Å². The second-order valence-corrected chi connectivity index (χ2v) is 5.81. The second kappa shape index (κ2) is 6.88. The van der Waals surface area contributed by atoms with Crippen LogP contribution in [0.1, 0.15) is 0 Å². The maximum absolute atomic E-state index is 12.6. The van der Waals surface area contributed by atoms with Crippen LogP contribution < -0.4 is 15.0 Å². The average Bonchev–Trinajstić information content (AvgIpc) is 3.15. The van der Waals surface area contributed by atoms with Crippen molar-refractivity contribution >= 4 is 17.1 Å². The van der Waals surface area contributed by atoms with E-state index >= 15 is 0 Å². The number of rotatable bonds is 4. The first-order chi connectivity index (χ1) is 13.5. The Hall–Kier alpha value is -4.14. The molecule has 0 radical (unpaired) electrons. The molecule has 0 amide bonds. The molecule has 9 nitrogen and oxygen atoms in total. The fourth-order valence-corrected chi connectivity index (χ4v) is 2.86. The molecule has 2 aromatic heterocycles. The molecule has 0 atom stereocenters. The highest BCUT2D eigenvalue weighted by Crippen LogP contribution is 2.30. The number of methoxy groups -OCH3 is 1. The molecule has 0 aliphatic carbocycles. The van der Waals surface area contributed by atoms with Crippen LogP contribution >= 0.6 is 0 Å². The summed E-state index contributed by atoms with van der Waals surface area (Å²) in [5.41, 5.74) is 1.79. The fraction of sp³-hybridized carbons (Fsp3) is 0.0526. The van der Waals surface area contributed by atoms with Crippen molar-refractivity contribution in [3.8, 4) is 28.6 Å². The molecule has 0 unspecified atom stereocenters. The lowest BCUT2D eigenvalue weighted by molar-refractivity contribution is 0.144. The first kappa shape index (κ1) is 17.3. The van der Waals surface area contributed by atoms with E-state index in [0.717, 1.165) is 11.1 Å². The van der Waals surface area contributed by atoms with E-state index in [2.05, 4.69) is 19.8 Å². The Morgan fingerprint density at radius 1 is 1.21 bits per heavy atom. The van der Waals surface area contributed by atoms with Gasteiger partial charge in [-0.05, 0) is 23.8 Å². The maximum Gasteiger partial charge on any atom is 0.511 e. The molecule has 0 fully saturated rings. The molecular formula is C19H14N4O5. The van der Waals surface area contributed by atoms with Crippen LogP contribution in [0.25, 0.3) is 28.0 Å². The Morgan fingerprint density at radius 3 is 2.82 bits per heavy atom. The van der Waals surface area contributed by atoms with Crippen molar-refractivity contribution in [3.63, 3.8) is 0 Å². The zero-order valence-corrected chi connectivity index (χ0v) is 14.6. The van der Waals surface area contributed by atoms with Gasteiger partial charge in [-0.1, -0.05) is 24.3 Å². The number of ether oxygens (including phenoxy) is 2. The summed E-state index contributed by atoms with van der Waals surface area (Å²) in [4.78, 5) is 30.2. The largest absolute Gasteiger partial charge is 0.511 e. The monoisotopic (exact) mass is 378 g/mol. The number of hydrogen-bond donors (Lipinski definition) is 2. The Kier molecular flexibility index (Phi) is 4.24. The Morgan fingerprint density at radius 2 is 2.04 bits per heavy atom. The summed E-state index contributed by atoms with van der Waals surface area (Å²) in [5, 5.41) is 13.0. The Labute approximate surface area is 157 Å². The number of fused-ring (bicyclic) bond motifs is 1. The third-order valence-electron chi connectivity index (χ3n) is 4.09. The van der Waals surface area contributed by atoms with E-state index in [9.17, 15) is 9.59 Å². The van der Waals surface area contributed by atoms with E-state index in [-0.39, 0.29) is 17.3 Å². The van der Waals surface area contributed by atoms with Gasteiger partial charge in [-0.2, -0.15) is 5.10 Å². The van der Waals surface area contributed by atoms with Crippen molar-refractivity contribution in [1.29, 1.82) is 0 Å². The lowest BCUT2D eigenvalue weighted by Gasteiger charge is -2.09. The van der Waals surface area contributed by atoms with Gasteiger partial charge in [-0.15, -0.1) is 0 Å². The standard InChI is InChI=1S/C19H14N4O5/c1-27-16-5-3-2-4-13(16)11-6-7-15-14(8-11)17(24)22-18(21-15)23-10-12(9-20-23)28-19(25)26/h2-10H,1H3,(H,25,26)(H,21,22,24). The Bertz CT molecular complexity index is 1240. The summed E-state index contributed by atoms with van der Waals surface area (Å²) in [6, 6.07) is 12.8. The first-order valence-electron chi connectivity index (χ1n) is 8.18. The maximum atomic E-state index is 12.6. The number of H-pyrrole nitrogens is 1. The van der Waals surface area contributed by atoms with Crippen LogP contribution in [0.2, 0.25) is 0 Å². The van der Waals surface area contributed by atoms with E-state index in [1.165, 1.54) is 17.1 Å².